The predicted octanol–water partition coefficient (Wildman–Crippen LogP) is 3.44. The van der Waals surface area contributed by atoms with Crippen molar-refractivity contribution in [1.29, 1.82) is 0 Å². The summed E-state index contributed by atoms with van der Waals surface area (Å²) < 4.78 is 6.05. The van der Waals surface area contributed by atoms with Crippen LogP contribution in [0.1, 0.15) is 17.2 Å². The lowest BCUT2D eigenvalue weighted by Crippen LogP contribution is -2.35. The Balaban J connectivity index is 2.16. The van der Waals surface area contributed by atoms with Gasteiger partial charge in [0.25, 0.3) is 11.7 Å². The van der Waals surface area contributed by atoms with E-state index in [9.17, 15) is 14.7 Å². The number of halogens is 1. The first-order valence-corrected chi connectivity index (χ1v) is 9.95. The van der Waals surface area contributed by atoms with Crippen LogP contribution >= 0.6 is 15.9 Å². The summed E-state index contributed by atoms with van der Waals surface area (Å²) in [7, 11) is 5.34. The second-order valence-electron chi connectivity index (χ2n) is 7.08. The first kappa shape index (κ1) is 21.1. The second kappa shape index (κ2) is 8.80. The van der Waals surface area contributed by atoms with E-state index in [-0.39, 0.29) is 11.3 Å². The molecule has 1 fully saturated rings. The van der Waals surface area contributed by atoms with E-state index in [1.54, 1.807) is 24.3 Å². The molecule has 0 spiro atoms. The molecule has 1 aliphatic heterocycles. The van der Waals surface area contributed by atoms with E-state index >= 15 is 0 Å². The Morgan fingerprint density at radius 1 is 1.17 bits per heavy atom. The lowest BCUT2D eigenvalue weighted by atomic mass is 9.95. The third kappa shape index (κ3) is 4.36. The van der Waals surface area contributed by atoms with Crippen molar-refractivity contribution in [1.82, 2.24) is 9.80 Å². The number of hydrogen-bond donors (Lipinski definition) is 1. The van der Waals surface area contributed by atoms with Gasteiger partial charge in [-0.05, 0) is 43.9 Å². The maximum absolute atomic E-state index is 12.9. The van der Waals surface area contributed by atoms with Crippen LogP contribution in [0.3, 0.4) is 0 Å². The number of methoxy groups -OCH3 is 1. The Kier molecular flexibility index (Phi) is 6.39. The smallest absolute Gasteiger partial charge is 0.295 e. The number of hydrogen-bond acceptors (Lipinski definition) is 5. The first-order valence-electron chi connectivity index (χ1n) is 9.16. The van der Waals surface area contributed by atoms with Crippen LogP contribution in [0.25, 0.3) is 5.76 Å². The lowest BCUT2D eigenvalue weighted by molar-refractivity contribution is -0.140. The van der Waals surface area contributed by atoms with Crippen LogP contribution < -0.4 is 4.74 Å². The van der Waals surface area contributed by atoms with Crippen LogP contribution in [0.2, 0.25) is 0 Å². The summed E-state index contributed by atoms with van der Waals surface area (Å²) in [4.78, 5) is 29.2. The summed E-state index contributed by atoms with van der Waals surface area (Å²) in [5.74, 6) is -0.954. The van der Waals surface area contributed by atoms with Crippen LogP contribution in [0.4, 0.5) is 0 Å². The summed E-state index contributed by atoms with van der Waals surface area (Å²) in [5.41, 5.74) is 1.26. The fraction of sp³-hybridized carbons (Fsp3) is 0.273. The fourth-order valence-electron chi connectivity index (χ4n) is 3.37. The summed E-state index contributed by atoms with van der Waals surface area (Å²) in [6, 6.07) is 13.6. The molecular formula is C22H23BrN2O4. The third-order valence-electron chi connectivity index (χ3n) is 4.84. The zero-order valence-corrected chi connectivity index (χ0v) is 18.1. The second-order valence-corrected chi connectivity index (χ2v) is 8.00. The number of carbonyl (C=O) groups is 2. The number of ketones is 1. The van der Waals surface area contributed by atoms with Gasteiger partial charge in [0, 0.05) is 23.1 Å². The Morgan fingerprint density at radius 2 is 1.90 bits per heavy atom. The largest absolute Gasteiger partial charge is 0.507 e. The van der Waals surface area contributed by atoms with Gasteiger partial charge in [-0.25, -0.2) is 0 Å². The number of aliphatic hydroxyl groups excluding tert-OH is 1. The van der Waals surface area contributed by atoms with E-state index in [4.69, 9.17) is 4.74 Å². The molecule has 2 aromatic carbocycles. The molecule has 0 bridgehead atoms. The maximum Gasteiger partial charge on any atom is 0.295 e. The molecular weight excluding hydrogens is 436 g/mol. The fourth-order valence-corrected chi connectivity index (χ4v) is 3.78. The molecule has 1 heterocycles. The van der Waals surface area contributed by atoms with Crippen LogP contribution in [0, 0.1) is 0 Å². The highest BCUT2D eigenvalue weighted by Gasteiger charge is 2.45. The molecule has 29 heavy (non-hydrogen) atoms. The predicted molar refractivity (Wildman–Crippen MR) is 115 cm³/mol. The molecule has 2 aromatic rings. The van der Waals surface area contributed by atoms with Gasteiger partial charge in [-0.15, -0.1) is 0 Å². The van der Waals surface area contributed by atoms with Crippen molar-refractivity contribution in [3.63, 3.8) is 0 Å². The Bertz CT molecular complexity index is 971. The van der Waals surface area contributed by atoms with Gasteiger partial charge in [-0.1, -0.05) is 40.2 Å². The molecule has 152 valence electrons. The number of amides is 1. The van der Waals surface area contributed by atoms with Crippen molar-refractivity contribution >= 4 is 33.4 Å². The zero-order chi connectivity index (χ0) is 21.1. The molecule has 1 saturated heterocycles. The first-order chi connectivity index (χ1) is 13.8. The number of ether oxygens (including phenoxy) is 1. The molecule has 6 nitrogen and oxygen atoms in total. The molecule has 7 heteroatoms. The van der Waals surface area contributed by atoms with Crippen LogP contribution in [-0.2, 0) is 9.59 Å². The topological polar surface area (TPSA) is 70.1 Å². The minimum atomic E-state index is -0.686. The SMILES string of the molecule is COc1cccc(/C(O)=C2/C(=O)C(=O)N(CCN(C)C)C2c2cccc(Br)c2)c1. The van der Waals surface area contributed by atoms with Gasteiger partial charge in [-0.3, -0.25) is 9.59 Å². The number of nitrogens with zero attached hydrogens (tertiary/aromatic N) is 2. The van der Waals surface area contributed by atoms with Crippen molar-refractivity contribution in [2.24, 2.45) is 0 Å². The van der Waals surface area contributed by atoms with E-state index in [0.717, 1.165) is 10.0 Å². The lowest BCUT2D eigenvalue weighted by Gasteiger charge is -2.26. The summed E-state index contributed by atoms with van der Waals surface area (Å²) in [6.07, 6.45) is 0. The third-order valence-corrected chi connectivity index (χ3v) is 5.33. The van der Waals surface area contributed by atoms with Gasteiger partial charge < -0.3 is 19.6 Å². The van der Waals surface area contributed by atoms with E-state index in [1.807, 2.05) is 43.3 Å². The van der Waals surface area contributed by atoms with Gasteiger partial charge in [0.2, 0.25) is 0 Å². The van der Waals surface area contributed by atoms with Crippen LogP contribution in [0.5, 0.6) is 5.75 Å². The van der Waals surface area contributed by atoms with Crippen molar-refractivity contribution in [3.8, 4) is 5.75 Å². The molecule has 0 radical (unpaired) electrons. The van der Waals surface area contributed by atoms with E-state index in [1.165, 1.54) is 12.0 Å². The van der Waals surface area contributed by atoms with Crippen LogP contribution in [-0.4, -0.2) is 60.9 Å². The minimum absolute atomic E-state index is 0.0834. The van der Waals surface area contributed by atoms with Gasteiger partial charge in [0.05, 0.1) is 18.7 Å². The highest BCUT2D eigenvalue weighted by atomic mass is 79.9. The molecule has 1 N–H and O–H groups in total. The molecule has 0 saturated carbocycles. The molecule has 1 amide bonds. The number of Topliss-reactive ketones (excluding diaryl/α,β-unsaturated/α-hetero) is 1. The average molecular weight is 459 g/mol. The van der Waals surface area contributed by atoms with Crippen LogP contribution in [0.15, 0.2) is 58.6 Å². The Morgan fingerprint density at radius 3 is 2.55 bits per heavy atom. The van der Waals surface area contributed by atoms with Gasteiger partial charge >= 0.3 is 0 Å². The van der Waals surface area contributed by atoms with Gasteiger partial charge in [0.1, 0.15) is 11.5 Å². The monoisotopic (exact) mass is 458 g/mol. The molecule has 1 unspecified atom stereocenters. The summed E-state index contributed by atoms with van der Waals surface area (Å²) >= 11 is 3.45. The highest BCUT2D eigenvalue weighted by molar-refractivity contribution is 9.10. The molecule has 0 aliphatic carbocycles. The normalized spacial score (nSPS) is 18.5. The molecule has 0 aromatic heterocycles. The number of aliphatic hydroxyl groups is 1. The van der Waals surface area contributed by atoms with Crippen molar-refractivity contribution in [3.05, 3.63) is 69.7 Å². The van der Waals surface area contributed by atoms with E-state index in [0.29, 0.717) is 24.4 Å². The van der Waals surface area contributed by atoms with E-state index < -0.39 is 17.7 Å². The number of rotatable bonds is 6. The van der Waals surface area contributed by atoms with Crippen molar-refractivity contribution < 1.29 is 19.4 Å². The number of likely N-dealkylation sites (tertiary alicyclic amines) is 1. The van der Waals surface area contributed by atoms with E-state index in [2.05, 4.69) is 15.9 Å². The standard InChI is InChI=1S/C22H23BrN2O4/c1-24(2)10-11-25-19(14-6-4-8-16(23)12-14)18(21(27)22(25)28)20(26)15-7-5-9-17(13-15)29-3/h4-9,12-13,19,26H,10-11H2,1-3H3/b20-18-. The van der Waals surface area contributed by atoms with Crippen molar-refractivity contribution in [2.75, 3.05) is 34.3 Å². The molecule has 1 aliphatic rings. The molecule has 3 rings (SSSR count). The average Bonchev–Trinajstić information content (AvgIpc) is 2.96. The maximum atomic E-state index is 12.9. The quantitative estimate of drug-likeness (QED) is 0.407. The van der Waals surface area contributed by atoms with Crippen molar-refractivity contribution in [2.45, 2.75) is 6.04 Å². The summed E-state index contributed by atoms with van der Waals surface area (Å²) in [6.45, 7) is 0.959. The Hall–Kier alpha value is -2.64. The Labute approximate surface area is 178 Å². The highest BCUT2D eigenvalue weighted by Crippen LogP contribution is 2.40. The molecule has 1 atom stereocenters. The number of carbonyl (C=O) groups excluding carboxylic acids is 2. The van der Waals surface area contributed by atoms with Gasteiger partial charge in [0.15, 0.2) is 0 Å². The minimum Gasteiger partial charge on any atom is -0.507 e. The zero-order valence-electron chi connectivity index (χ0n) is 16.6. The number of likely N-dealkylation sites (N-methyl/N-ethyl adjacent to an activating group) is 1. The van der Waals surface area contributed by atoms with Gasteiger partial charge in [-0.2, -0.15) is 0 Å². The summed E-state index contributed by atoms with van der Waals surface area (Å²) in [5, 5.41) is 11.0. The number of benzene rings is 2.